The van der Waals surface area contributed by atoms with Gasteiger partial charge in [-0.1, -0.05) is 181 Å². The van der Waals surface area contributed by atoms with Crippen molar-refractivity contribution in [2.24, 2.45) is 0 Å². The Balaban J connectivity index is -0.00000103. The number of allylic oxidation sites excluding steroid dienone is 4. The SMILES string of the molecule is C=C(C)C/C(=C\c1cc(C(C)C)c(-c2ccc(C(=C)C)cc2)cc1C)C(=C)CC.CC.CC.CC.CCCCCC. The van der Waals surface area contributed by atoms with Gasteiger partial charge in [0.15, 0.2) is 0 Å². The Hall–Kier alpha value is -2.60. The van der Waals surface area contributed by atoms with Crippen molar-refractivity contribution in [2.75, 3.05) is 0 Å². The van der Waals surface area contributed by atoms with Gasteiger partial charge in [0.1, 0.15) is 0 Å². The maximum atomic E-state index is 4.28. The van der Waals surface area contributed by atoms with E-state index in [2.05, 4.69) is 111 Å². The smallest absolute Gasteiger partial charge is 0.00698 e. The Morgan fingerprint density at radius 2 is 1.27 bits per heavy atom. The third-order valence-electron chi connectivity index (χ3n) is 6.41. The summed E-state index contributed by atoms with van der Waals surface area (Å²) in [4.78, 5) is 0. The van der Waals surface area contributed by atoms with Crippen molar-refractivity contribution in [3.63, 3.8) is 0 Å². The maximum absolute atomic E-state index is 4.28. The van der Waals surface area contributed by atoms with Crippen molar-refractivity contribution in [2.45, 2.75) is 141 Å². The minimum atomic E-state index is 0.442. The predicted octanol–water partition coefficient (Wildman–Crippen LogP) is 14.8. The first kappa shape index (κ1) is 42.9. The van der Waals surface area contributed by atoms with Crippen molar-refractivity contribution in [1.29, 1.82) is 0 Å². The summed E-state index contributed by atoms with van der Waals surface area (Å²) >= 11 is 0. The van der Waals surface area contributed by atoms with Crippen LogP contribution in [-0.2, 0) is 0 Å². The van der Waals surface area contributed by atoms with Crippen LogP contribution >= 0.6 is 0 Å². The van der Waals surface area contributed by atoms with Gasteiger partial charge >= 0.3 is 0 Å². The van der Waals surface area contributed by atoms with Gasteiger partial charge in [0.25, 0.3) is 0 Å². The minimum absolute atomic E-state index is 0.442. The molecule has 2 aromatic carbocycles. The quantitative estimate of drug-likeness (QED) is 0.146. The molecule has 232 valence electrons. The average Bonchev–Trinajstić information content (AvgIpc) is 2.99. The number of rotatable bonds is 11. The summed E-state index contributed by atoms with van der Waals surface area (Å²) in [6.45, 7) is 41.9. The van der Waals surface area contributed by atoms with E-state index in [1.807, 2.05) is 48.5 Å². The molecule has 0 fully saturated rings. The Morgan fingerprint density at radius 1 is 0.780 bits per heavy atom. The molecule has 41 heavy (non-hydrogen) atoms. The van der Waals surface area contributed by atoms with E-state index in [9.17, 15) is 0 Å². The summed E-state index contributed by atoms with van der Waals surface area (Å²) in [5.74, 6) is 0.442. The van der Waals surface area contributed by atoms with E-state index in [-0.39, 0.29) is 0 Å². The zero-order chi connectivity index (χ0) is 32.5. The van der Waals surface area contributed by atoms with Crippen LogP contribution in [0.1, 0.15) is 157 Å². The summed E-state index contributed by atoms with van der Waals surface area (Å²) < 4.78 is 0. The van der Waals surface area contributed by atoms with Crippen molar-refractivity contribution >= 4 is 11.6 Å². The van der Waals surface area contributed by atoms with Gasteiger partial charge in [0.2, 0.25) is 0 Å². The van der Waals surface area contributed by atoms with Crippen LogP contribution in [0.2, 0.25) is 0 Å². The molecule has 0 radical (unpaired) electrons. The lowest BCUT2D eigenvalue weighted by Gasteiger charge is -2.18. The molecule has 0 spiro atoms. The first-order valence-electron chi connectivity index (χ1n) is 16.5. The third-order valence-corrected chi connectivity index (χ3v) is 6.41. The van der Waals surface area contributed by atoms with Crippen LogP contribution in [-0.4, -0.2) is 0 Å². The highest BCUT2D eigenvalue weighted by molar-refractivity contribution is 5.75. The number of unbranched alkanes of at least 4 members (excludes halogenated alkanes) is 3. The van der Waals surface area contributed by atoms with Crippen molar-refractivity contribution in [3.8, 4) is 11.1 Å². The molecule has 0 heterocycles. The lowest BCUT2D eigenvalue weighted by Crippen LogP contribution is -1.97. The number of hydrogen-bond donors (Lipinski definition) is 0. The topological polar surface area (TPSA) is 0 Å². The standard InChI is InChI=1S/C29H36.C6H14.3C2H6/c1-10-22(8)26(15-19(2)3)17-27-18-28(21(6)7)29(16-23(27)9)25-13-11-24(12-14-25)20(4)5;1-3-5-6-4-2;3*1-2/h11-14,16-18,21H,2,4,8,10,15H2,1,3,5-7,9H3;3-6H2,1-2H3;3*1-2H3/b26-17+;;;;. The third kappa shape index (κ3) is 17.1. The van der Waals surface area contributed by atoms with E-state index >= 15 is 0 Å². The summed E-state index contributed by atoms with van der Waals surface area (Å²) in [7, 11) is 0. The monoisotopic (exact) mass is 561 g/mol. The lowest BCUT2D eigenvalue weighted by atomic mass is 9.87. The van der Waals surface area contributed by atoms with E-state index < -0.39 is 0 Å². The van der Waals surface area contributed by atoms with Crippen molar-refractivity contribution < 1.29 is 0 Å². The summed E-state index contributed by atoms with van der Waals surface area (Å²) in [6.07, 6.45) is 9.69. The van der Waals surface area contributed by atoms with Crippen LogP contribution in [0.25, 0.3) is 22.8 Å². The molecule has 0 aliphatic carbocycles. The molecule has 0 aliphatic heterocycles. The van der Waals surface area contributed by atoms with Crippen molar-refractivity contribution in [3.05, 3.63) is 95.1 Å². The summed E-state index contributed by atoms with van der Waals surface area (Å²) in [5, 5.41) is 0. The first-order valence-corrected chi connectivity index (χ1v) is 16.5. The van der Waals surface area contributed by atoms with Crippen LogP contribution in [0, 0.1) is 6.92 Å². The second-order valence-corrected chi connectivity index (χ2v) is 10.3. The fourth-order valence-corrected chi connectivity index (χ4v) is 4.08. The average molecular weight is 561 g/mol. The molecule has 0 atom stereocenters. The van der Waals surface area contributed by atoms with E-state index in [0.717, 1.165) is 18.4 Å². The number of benzene rings is 2. The molecule has 0 saturated heterocycles. The highest BCUT2D eigenvalue weighted by atomic mass is 14.2. The molecular formula is C41H68. The molecule has 2 aromatic rings. The summed E-state index contributed by atoms with van der Waals surface area (Å²) in [5.41, 5.74) is 12.5. The summed E-state index contributed by atoms with van der Waals surface area (Å²) in [6, 6.07) is 13.5. The van der Waals surface area contributed by atoms with E-state index in [0.29, 0.717) is 5.92 Å². The Kier molecular flexibility index (Phi) is 27.5. The molecule has 0 nitrogen and oxygen atoms in total. The molecule has 0 amide bonds. The van der Waals surface area contributed by atoms with Gasteiger partial charge in [-0.25, -0.2) is 0 Å². The molecule has 0 aromatic heterocycles. The molecule has 0 aliphatic rings. The molecule has 2 rings (SSSR count). The van der Waals surface area contributed by atoms with E-state index in [1.54, 1.807) is 0 Å². The minimum Gasteiger partial charge on any atom is -0.0998 e. The maximum Gasteiger partial charge on any atom is -0.00698 e. The Labute approximate surface area is 258 Å². The molecule has 0 bridgehead atoms. The normalized spacial score (nSPS) is 9.98. The van der Waals surface area contributed by atoms with Crippen molar-refractivity contribution in [1.82, 2.24) is 0 Å². The second kappa shape index (κ2) is 26.3. The fraction of sp³-hybridized carbons (Fsp3) is 0.512. The van der Waals surface area contributed by atoms with Crippen LogP contribution in [0.3, 0.4) is 0 Å². The van der Waals surface area contributed by atoms with Gasteiger partial charge in [-0.3, -0.25) is 0 Å². The van der Waals surface area contributed by atoms with Gasteiger partial charge in [-0.05, 0) is 78.5 Å². The molecule has 0 unspecified atom stereocenters. The zero-order valence-corrected chi connectivity index (χ0v) is 30.0. The van der Waals surface area contributed by atoms with E-state index in [4.69, 9.17) is 0 Å². The van der Waals surface area contributed by atoms with Gasteiger partial charge < -0.3 is 0 Å². The molecule has 0 N–H and O–H groups in total. The zero-order valence-electron chi connectivity index (χ0n) is 30.0. The van der Waals surface area contributed by atoms with Crippen LogP contribution in [0.4, 0.5) is 0 Å². The molecular weight excluding hydrogens is 492 g/mol. The fourth-order valence-electron chi connectivity index (χ4n) is 4.08. The van der Waals surface area contributed by atoms with Gasteiger partial charge in [0, 0.05) is 0 Å². The number of aryl methyl sites for hydroxylation is 1. The highest BCUT2D eigenvalue weighted by Gasteiger charge is 2.13. The molecule has 0 saturated carbocycles. The lowest BCUT2D eigenvalue weighted by molar-refractivity contribution is 0.702. The van der Waals surface area contributed by atoms with E-state index in [1.165, 1.54) is 75.8 Å². The Morgan fingerprint density at radius 3 is 1.63 bits per heavy atom. The predicted molar refractivity (Wildman–Crippen MR) is 196 cm³/mol. The van der Waals surface area contributed by atoms with Gasteiger partial charge in [-0.15, -0.1) is 0 Å². The van der Waals surface area contributed by atoms with Gasteiger partial charge in [-0.2, -0.15) is 0 Å². The largest absolute Gasteiger partial charge is 0.0998 e. The first-order chi connectivity index (χ1) is 19.5. The van der Waals surface area contributed by atoms with Gasteiger partial charge in [0.05, 0.1) is 0 Å². The highest BCUT2D eigenvalue weighted by Crippen LogP contribution is 2.34. The van der Waals surface area contributed by atoms with Crippen LogP contribution in [0.15, 0.2) is 72.9 Å². The van der Waals surface area contributed by atoms with Crippen LogP contribution < -0.4 is 0 Å². The molecule has 0 heteroatoms. The second-order valence-electron chi connectivity index (χ2n) is 10.3. The van der Waals surface area contributed by atoms with Crippen LogP contribution in [0.5, 0.6) is 0 Å². The number of hydrogen-bond acceptors (Lipinski definition) is 0. The Bertz CT molecular complexity index is 1000.